The highest BCUT2D eigenvalue weighted by atomic mass is 127. The first-order valence-electron chi connectivity index (χ1n) is 6.86. The van der Waals surface area contributed by atoms with Crippen LogP contribution in [0.4, 0.5) is 0 Å². The molecule has 0 aromatic heterocycles. The molecule has 0 radical (unpaired) electrons. The molecule has 0 saturated carbocycles. The van der Waals surface area contributed by atoms with Crippen molar-refractivity contribution in [3.63, 3.8) is 0 Å². The summed E-state index contributed by atoms with van der Waals surface area (Å²) < 4.78 is 27.9. The summed E-state index contributed by atoms with van der Waals surface area (Å²) in [6.45, 7) is 8.80. The van der Waals surface area contributed by atoms with Crippen LogP contribution < -0.4 is 10.6 Å². The number of nitrogens with one attached hydrogen (secondary N) is 2. The van der Waals surface area contributed by atoms with Crippen LogP contribution in [-0.2, 0) is 14.6 Å². The van der Waals surface area contributed by atoms with Crippen molar-refractivity contribution in [1.29, 1.82) is 0 Å². The Balaban J connectivity index is 0. The molecule has 2 N–H and O–H groups in total. The summed E-state index contributed by atoms with van der Waals surface area (Å²) >= 11 is 0. The van der Waals surface area contributed by atoms with Crippen molar-refractivity contribution in [1.82, 2.24) is 10.6 Å². The van der Waals surface area contributed by atoms with E-state index in [1.807, 2.05) is 13.8 Å². The Morgan fingerprint density at radius 1 is 1.20 bits per heavy atom. The van der Waals surface area contributed by atoms with Gasteiger partial charge in [-0.3, -0.25) is 4.99 Å². The molecule has 0 atom stereocenters. The van der Waals surface area contributed by atoms with E-state index < -0.39 is 9.84 Å². The van der Waals surface area contributed by atoms with Crippen molar-refractivity contribution in [3.05, 3.63) is 0 Å². The largest absolute Gasteiger partial charge is 0.382 e. The third-order valence-electron chi connectivity index (χ3n) is 2.41. The molecule has 0 aliphatic carbocycles. The molecule has 0 bridgehead atoms. The second-order valence-electron chi connectivity index (χ2n) is 3.97. The molecule has 0 spiro atoms. The van der Waals surface area contributed by atoms with Crippen molar-refractivity contribution >= 4 is 39.8 Å². The molecule has 0 amide bonds. The summed E-state index contributed by atoms with van der Waals surface area (Å²) in [5.41, 5.74) is 0. The third kappa shape index (κ3) is 12.9. The highest BCUT2D eigenvalue weighted by Crippen LogP contribution is 1.88. The fourth-order valence-electron chi connectivity index (χ4n) is 1.31. The first-order chi connectivity index (χ1) is 9.05. The lowest BCUT2D eigenvalue weighted by atomic mass is 10.4. The van der Waals surface area contributed by atoms with Crippen LogP contribution in [0.1, 0.15) is 27.2 Å². The maximum atomic E-state index is 11.4. The van der Waals surface area contributed by atoms with Crippen molar-refractivity contribution in [3.8, 4) is 0 Å². The number of halogens is 1. The molecule has 0 unspecified atom stereocenters. The zero-order valence-corrected chi connectivity index (χ0v) is 15.8. The van der Waals surface area contributed by atoms with Crippen LogP contribution in [0.25, 0.3) is 0 Å². The van der Waals surface area contributed by atoms with Crippen LogP contribution in [0.2, 0.25) is 0 Å². The van der Waals surface area contributed by atoms with Gasteiger partial charge in [-0.2, -0.15) is 0 Å². The highest BCUT2D eigenvalue weighted by molar-refractivity contribution is 14.0. The van der Waals surface area contributed by atoms with Gasteiger partial charge in [0.1, 0.15) is 0 Å². The van der Waals surface area contributed by atoms with Crippen LogP contribution >= 0.6 is 24.0 Å². The number of nitrogens with zero attached hydrogens (tertiary/aromatic N) is 1. The summed E-state index contributed by atoms with van der Waals surface area (Å²) in [6.07, 6.45) is 0.859. The van der Waals surface area contributed by atoms with E-state index in [1.54, 1.807) is 6.92 Å². The highest BCUT2D eigenvalue weighted by Gasteiger charge is 2.07. The van der Waals surface area contributed by atoms with Gasteiger partial charge in [-0.25, -0.2) is 8.42 Å². The maximum Gasteiger partial charge on any atom is 0.191 e. The number of hydrogen-bond acceptors (Lipinski definition) is 4. The van der Waals surface area contributed by atoms with E-state index in [1.165, 1.54) is 0 Å². The number of hydrogen-bond donors (Lipinski definition) is 2. The number of sulfone groups is 1. The van der Waals surface area contributed by atoms with Crippen molar-refractivity contribution in [2.24, 2.45) is 4.99 Å². The van der Waals surface area contributed by atoms with E-state index >= 15 is 0 Å². The first-order valence-corrected chi connectivity index (χ1v) is 8.68. The van der Waals surface area contributed by atoms with Crippen LogP contribution in [0, 0.1) is 0 Å². The second-order valence-corrected chi connectivity index (χ2v) is 6.45. The molecule has 0 aromatic rings. The zero-order valence-electron chi connectivity index (χ0n) is 12.6. The predicted molar refractivity (Wildman–Crippen MR) is 94.8 cm³/mol. The lowest BCUT2D eigenvalue weighted by molar-refractivity contribution is 0.146. The van der Waals surface area contributed by atoms with Gasteiger partial charge < -0.3 is 15.4 Å². The molecule has 8 heteroatoms. The molecule has 0 heterocycles. The van der Waals surface area contributed by atoms with E-state index in [4.69, 9.17) is 4.74 Å². The van der Waals surface area contributed by atoms with Gasteiger partial charge in [0.15, 0.2) is 15.8 Å². The van der Waals surface area contributed by atoms with E-state index in [2.05, 4.69) is 15.6 Å². The van der Waals surface area contributed by atoms with Crippen molar-refractivity contribution in [2.45, 2.75) is 27.2 Å². The van der Waals surface area contributed by atoms with Gasteiger partial charge >= 0.3 is 0 Å². The molecule has 0 rings (SSSR count). The second kappa shape index (κ2) is 13.9. The number of ether oxygens (including phenoxy) is 1. The SMILES string of the molecule is CCNC(=NCCCOCC)NCCS(=O)(=O)CC.I. The normalized spacial score (nSPS) is 11.8. The van der Waals surface area contributed by atoms with Gasteiger partial charge in [0.2, 0.25) is 0 Å². The summed E-state index contributed by atoms with van der Waals surface area (Å²) in [6, 6.07) is 0. The Labute approximate surface area is 140 Å². The molecule has 6 nitrogen and oxygen atoms in total. The maximum absolute atomic E-state index is 11.4. The smallest absolute Gasteiger partial charge is 0.191 e. The lowest BCUT2D eigenvalue weighted by Crippen LogP contribution is -2.39. The summed E-state index contributed by atoms with van der Waals surface area (Å²) in [5, 5.41) is 6.10. The fourth-order valence-corrected chi connectivity index (χ4v) is 2.01. The summed E-state index contributed by atoms with van der Waals surface area (Å²) in [7, 11) is -2.93. The van der Waals surface area contributed by atoms with Crippen LogP contribution in [0.15, 0.2) is 4.99 Å². The first kappa shape index (κ1) is 22.2. The molecular weight excluding hydrogens is 393 g/mol. The molecule has 0 saturated heterocycles. The molecule has 122 valence electrons. The Hall–Kier alpha value is -0.0900. The van der Waals surface area contributed by atoms with Gasteiger partial charge in [0.25, 0.3) is 0 Å². The van der Waals surface area contributed by atoms with Gasteiger partial charge in [0.05, 0.1) is 5.75 Å². The molecule has 0 aliphatic heterocycles. The number of aliphatic imine (C=N–C) groups is 1. The van der Waals surface area contributed by atoms with Crippen molar-refractivity contribution < 1.29 is 13.2 Å². The van der Waals surface area contributed by atoms with Gasteiger partial charge in [-0.1, -0.05) is 6.92 Å². The van der Waals surface area contributed by atoms with Gasteiger partial charge in [-0.15, -0.1) is 24.0 Å². The average molecular weight is 421 g/mol. The minimum absolute atomic E-state index is 0. The van der Waals surface area contributed by atoms with Gasteiger partial charge in [0, 0.05) is 38.6 Å². The fraction of sp³-hybridized carbons (Fsp3) is 0.917. The van der Waals surface area contributed by atoms with E-state index in [9.17, 15) is 8.42 Å². The van der Waals surface area contributed by atoms with Crippen LogP contribution in [0.5, 0.6) is 0 Å². The molecule has 0 aromatic carbocycles. The van der Waals surface area contributed by atoms with Gasteiger partial charge in [-0.05, 0) is 20.3 Å². The van der Waals surface area contributed by atoms with Crippen molar-refractivity contribution in [2.75, 3.05) is 44.4 Å². The monoisotopic (exact) mass is 421 g/mol. The minimum atomic E-state index is -2.93. The lowest BCUT2D eigenvalue weighted by Gasteiger charge is -2.11. The molecule has 0 fully saturated rings. The Morgan fingerprint density at radius 2 is 1.90 bits per heavy atom. The van der Waals surface area contributed by atoms with E-state index in [0.29, 0.717) is 25.7 Å². The Bertz CT molecular complexity index is 348. The average Bonchev–Trinajstić information content (AvgIpc) is 2.38. The Morgan fingerprint density at radius 3 is 2.45 bits per heavy atom. The summed E-state index contributed by atoms with van der Waals surface area (Å²) in [4.78, 5) is 4.35. The third-order valence-corrected chi connectivity index (χ3v) is 4.12. The predicted octanol–water partition coefficient (Wildman–Crippen LogP) is 1.02. The summed E-state index contributed by atoms with van der Waals surface area (Å²) in [5.74, 6) is 0.967. The van der Waals surface area contributed by atoms with E-state index in [-0.39, 0.29) is 35.5 Å². The molecular formula is C12H28IN3O3S. The standard InChI is InChI=1S/C12H27N3O3S.HI/c1-4-13-12(14-8-7-10-18-5-2)15-9-11-19(16,17)6-3;/h4-11H2,1-3H3,(H2,13,14,15);1H. The Kier molecular flexibility index (Phi) is 15.4. The van der Waals surface area contributed by atoms with Crippen LogP contribution in [-0.4, -0.2) is 58.7 Å². The topological polar surface area (TPSA) is 79.8 Å². The number of guanidine groups is 1. The number of rotatable bonds is 10. The van der Waals surface area contributed by atoms with E-state index in [0.717, 1.165) is 19.6 Å². The minimum Gasteiger partial charge on any atom is -0.382 e. The zero-order chi connectivity index (χ0) is 14.6. The van der Waals surface area contributed by atoms with Crippen LogP contribution in [0.3, 0.4) is 0 Å². The molecule has 20 heavy (non-hydrogen) atoms. The quantitative estimate of drug-likeness (QED) is 0.238. The molecule has 0 aliphatic rings.